The molecule has 0 rings (SSSR count). The van der Waals surface area contributed by atoms with Gasteiger partial charge in [0.25, 0.3) is 0 Å². The van der Waals surface area contributed by atoms with E-state index in [2.05, 4.69) is 0 Å². The number of nitrogens with one attached hydrogen (secondary N) is 1. The van der Waals surface area contributed by atoms with Crippen molar-refractivity contribution in [3.05, 3.63) is 0 Å². The van der Waals surface area contributed by atoms with Crippen molar-refractivity contribution in [1.82, 2.24) is 5.32 Å². The predicted octanol–water partition coefficient (Wildman–Crippen LogP) is 1.41. The molecular weight excluding hydrogens is 279 g/mol. The molecule has 0 bridgehead atoms. The molecule has 0 saturated heterocycles. The molecule has 0 spiro atoms. The Morgan fingerprint density at radius 3 is 1.83 bits per heavy atom. The van der Waals surface area contributed by atoms with Crippen LogP contribution in [0.3, 0.4) is 0 Å². The van der Waals surface area contributed by atoms with Gasteiger partial charge in [0, 0.05) is 6.42 Å². The highest BCUT2D eigenvalue weighted by Crippen LogP contribution is 2.28. The fraction of sp³-hybridized carbons (Fsp3) is 0.714. The summed E-state index contributed by atoms with van der Waals surface area (Å²) >= 11 is 0. The standard InChI is InChI=1S/C7H6F7NO3/c8-4(9)6(10,11)1-2(3(16)17)15-5(18)7(12,13)14/h2,4H,1H2,(H,15,18)(H,16,17). The zero-order valence-electron chi connectivity index (χ0n) is 8.27. The Balaban J connectivity index is 4.81. The number of alkyl halides is 7. The molecule has 0 saturated carbocycles. The molecule has 0 fully saturated rings. The summed E-state index contributed by atoms with van der Waals surface area (Å²) < 4.78 is 83.5. The lowest BCUT2D eigenvalue weighted by atomic mass is 10.1. The second kappa shape index (κ2) is 5.40. The highest BCUT2D eigenvalue weighted by Gasteiger charge is 2.47. The molecule has 1 amide bonds. The van der Waals surface area contributed by atoms with E-state index in [1.54, 1.807) is 0 Å². The molecule has 1 unspecified atom stereocenters. The zero-order chi connectivity index (χ0) is 14.7. The van der Waals surface area contributed by atoms with E-state index in [1.165, 1.54) is 0 Å². The van der Waals surface area contributed by atoms with Crippen LogP contribution >= 0.6 is 0 Å². The van der Waals surface area contributed by atoms with Gasteiger partial charge in [-0.15, -0.1) is 0 Å². The summed E-state index contributed by atoms with van der Waals surface area (Å²) in [7, 11) is 0. The van der Waals surface area contributed by atoms with Gasteiger partial charge < -0.3 is 10.4 Å². The number of amides is 1. The topological polar surface area (TPSA) is 66.4 Å². The number of carboxylic acids is 1. The molecule has 0 heterocycles. The fourth-order valence-electron chi connectivity index (χ4n) is 0.801. The lowest BCUT2D eigenvalue weighted by Crippen LogP contribution is -2.50. The van der Waals surface area contributed by atoms with Gasteiger partial charge in [-0.3, -0.25) is 4.79 Å². The van der Waals surface area contributed by atoms with Crippen LogP contribution in [-0.2, 0) is 9.59 Å². The van der Waals surface area contributed by atoms with Gasteiger partial charge in [-0.25, -0.2) is 22.4 Å². The molecule has 0 aromatic carbocycles. The van der Waals surface area contributed by atoms with Crippen molar-refractivity contribution in [2.75, 3.05) is 0 Å². The molecule has 11 heteroatoms. The van der Waals surface area contributed by atoms with E-state index in [9.17, 15) is 40.3 Å². The average Bonchev–Trinajstić information content (AvgIpc) is 2.14. The predicted molar refractivity (Wildman–Crippen MR) is 41.2 cm³/mol. The number of aliphatic carboxylic acids is 1. The van der Waals surface area contributed by atoms with E-state index in [0.29, 0.717) is 5.32 Å². The van der Waals surface area contributed by atoms with Gasteiger partial charge in [0.15, 0.2) is 0 Å². The molecule has 0 aromatic heterocycles. The number of halogens is 7. The smallest absolute Gasteiger partial charge is 0.471 e. The molecule has 106 valence electrons. The molecule has 18 heavy (non-hydrogen) atoms. The van der Waals surface area contributed by atoms with E-state index in [0.717, 1.165) is 0 Å². The average molecular weight is 285 g/mol. The van der Waals surface area contributed by atoms with E-state index in [4.69, 9.17) is 5.11 Å². The van der Waals surface area contributed by atoms with Crippen LogP contribution in [0.1, 0.15) is 6.42 Å². The second-order valence-corrected chi connectivity index (χ2v) is 3.13. The maximum absolute atomic E-state index is 12.5. The van der Waals surface area contributed by atoms with Crippen LogP contribution in [0.15, 0.2) is 0 Å². The number of carbonyl (C=O) groups excluding carboxylic acids is 1. The molecular formula is C7H6F7NO3. The molecule has 1 atom stereocenters. The van der Waals surface area contributed by atoms with Crippen molar-refractivity contribution in [1.29, 1.82) is 0 Å². The van der Waals surface area contributed by atoms with Crippen LogP contribution in [0.5, 0.6) is 0 Å². The summed E-state index contributed by atoms with van der Waals surface area (Å²) in [5.41, 5.74) is 0. The SMILES string of the molecule is O=C(O)C(CC(F)(F)C(F)F)NC(=O)C(F)(F)F. The molecule has 0 aliphatic rings. The Morgan fingerprint density at radius 1 is 1.11 bits per heavy atom. The van der Waals surface area contributed by atoms with Crippen LogP contribution in [-0.4, -0.2) is 41.5 Å². The Kier molecular flexibility index (Phi) is 4.93. The third-order valence-electron chi connectivity index (χ3n) is 1.66. The Labute approximate surface area is 94.8 Å². The van der Waals surface area contributed by atoms with Crippen molar-refractivity contribution in [2.24, 2.45) is 0 Å². The van der Waals surface area contributed by atoms with Crippen molar-refractivity contribution in [2.45, 2.75) is 31.0 Å². The highest BCUT2D eigenvalue weighted by atomic mass is 19.4. The third-order valence-corrected chi connectivity index (χ3v) is 1.66. The summed E-state index contributed by atoms with van der Waals surface area (Å²) in [4.78, 5) is 20.6. The number of rotatable bonds is 5. The first kappa shape index (κ1) is 16.4. The molecule has 0 aliphatic carbocycles. The number of carboxylic acid groups (broad SMARTS) is 1. The first-order valence-electron chi connectivity index (χ1n) is 4.14. The number of hydrogen-bond acceptors (Lipinski definition) is 2. The van der Waals surface area contributed by atoms with Gasteiger partial charge in [0.2, 0.25) is 0 Å². The summed E-state index contributed by atoms with van der Waals surface area (Å²) in [5.74, 6) is -9.92. The lowest BCUT2D eigenvalue weighted by molar-refractivity contribution is -0.178. The van der Waals surface area contributed by atoms with Crippen LogP contribution < -0.4 is 5.32 Å². The molecule has 0 radical (unpaired) electrons. The van der Waals surface area contributed by atoms with Gasteiger partial charge >= 0.3 is 30.4 Å². The maximum atomic E-state index is 12.5. The van der Waals surface area contributed by atoms with E-state index in [-0.39, 0.29) is 0 Å². The normalized spacial score (nSPS) is 14.4. The Morgan fingerprint density at radius 2 is 1.56 bits per heavy atom. The van der Waals surface area contributed by atoms with Crippen LogP contribution in [0.4, 0.5) is 30.7 Å². The van der Waals surface area contributed by atoms with Crippen molar-refractivity contribution >= 4 is 11.9 Å². The first-order valence-corrected chi connectivity index (χ1v) is 4.14. The largest absolute Gasteiger partial charge is 0.480 e. The molecule has 2 N–H and O–H groups in total. The third kappa shape index (κ3) is 4.75. The minimum absolute atomic E-state index is 0.691. The van der Waals surface area contributed by atoms with Crippen LogP contribution in [0.25, 0.3) is 0 Å². The monoisotopic (exact) mass is 285 g/mol. The van der Waals surface area contributed by atoms with Gasteiger partial charge in [-0.1, -0.05) is 0 Å². The summed E-state index contributed by atoms with van der Waals surface area (Å²) in [6, 6.07) is -2.77. The Bertz CT molecular complexity index is 327. The molecule has 4 nitrogen and oxygen atoms in total. The van der Waals surface area contributed by atoms with Gasteiger partial charge in [0.05, 0.1) is 0 Å². The highest BCUT2D eigenvalue weighted by molar-refractivity contribution is 5.86. The summed E-state index contributed by atoms with van der Waals surface area (Å²) in [6.07, 6.45) is -11.9. The van der Waals surface area contributed by atoms with Gasteiger partial charge in [-0.2, -0.15) is 13.2 Å². The van der Waals surface area contributed by atoms with Crippen molar-refractivity contribution < 1.29 is 45.4 Å². The Hall–Kier alpha value is -1.55. The molecule has 0 aromatic rings. The number of hydrogen-bond donors (Lipinski definition) is 2. The van der Waals surface area contributed by atoms with Gasteiger partial charge in [-0.05, 0) is 0 Å². The fourth-order valence-corrected chi connectivity index (χ4v) is 0.801. The first-order chi connectivity index (χ1) is 7.88. The number of carbonyl (C=O) groups is 2. The summed E-state index contributed by atoms with van der Waals surface area (Å²) in [5, 5.41) is 8.96. The second-order valence-electron chi connectivity index (χ2n) is 3.13. The van der Waals surface area contributed by atoms with E-state index >= 15 is 0 Å². The van der Waals surface area contributed by atoms with Crippen molar-refractivity contribution in [3.8, 4) is 0 Å². The molecule has 0 aliphatic heterocycles. The summed E-state index contributed by atoms with van der Waals surface area (Å²) in [6.45, 7) is 0. The minimum Gasteiger partial charge on any atom is -0.480 e. The van der Waals surface area contributed by atoms with Gasteiger partial charge in [0.1, 0.15) is 6.04 Å². The maximum Gasteiger partial charge on any atom is 0.471 e. The van der Waals surface area contributed by atoms with E-state index in [1.807, 2.05) is 0 Å². The van der Waals surface area contributed by atoms with E-state index < -0.39 is 42.9 Å². The quantitative estimate of drug-likeness (QED) is 0.750. The zero-order valence-corrected chi connectivity index (χ0v) is 8.27. The minimum atomic E-state index is -5.51. The lowest BCUT2D eigenvalue weighted by Gasteiger charge is -2.21. The van der Waals surface area contributed by atoms with Crippen molar-refractivity contribution in [3.63, 3.8) is 0 Å². The van der Waals surface area contributed by atoms with Crippen LogP contribution in [0.2, 0.25) is 0 Å². The van der Waals surface area contributed by atoms with Crippen LogP contribution in [0, 0.1) is 0 Å².